The van der Waals surface area contributed by atoms with Gasteiger partial charge in [-0.05, 0) is 110 Å². The number of benzene rings is 6. The lowest BCUT2D eigenvalue weighted by molar-refractivity contribution is 0.00578. The van der Waals surface area contributed by atoms with Crippen molar-refractivity contribution >= 4 is 56.3 Å². The van der Waals surface area contributed by atoms with E-state index in [4.69, 9.17) is 13.7 Å². The molecule has 0 radical (unpaired) electrons. The van der Waals surface area contributed by atoms with Crippen LogP contribution in [0.3, 0.4) is 0 Å². The number of aromatic nitrogens is 1. The summed E-state index contributed by atoms with van der Waals surface area (Å²) in [6.07, 6.45) is 0. The summed E-state index contributed by atoms with van der Waals surface area (Å²) in [5.41, 5.74) is 10.0. The minimum atomic E-state index is -0.473. The number of furan rings is 1. The van der Waals surface area contributed by atoms with Gasteiger partial charge in [0.15, 0.2) is 0 Å². The van der Waals surface area contributed by atoms with Gasteiger partial charge in [-0.15, -0.1) is 0 Å². The maximum atomic E-state index is 6.47. The molecule has 1 aliphatic heterocycles. The largest absolute Gasteiger partial charge is 0.495 e. The highest BCUT2D eigenvalue weighted by atomic mass is 16.7. The summed E-state index contributed by atoms with van der Waals surface area (Å²) >= 11 is 0. The van der Waals surface area contributed by atoms with Crippen molar-refractivity contribution in [3.63, 3.8) is 0 Å². The van der Waals surface area contributed by atoms with Crippen molar-refractivity contribution < 1.29 is 13.7 Å². The Kier molecular flexibility index (Phi) is 6.11. The third kappa shape index (κ3) is 4.38. The van der Waals surface area contributed by atoms with E-state index in [1.165, 1.54) is 32.9 Å². The van der Waals surface area contributed by atoms with E-state index in [-0.39, 0.29) is 0 Å². The summed E-state index contributed by atoms with van der Waals surface area (Å²) in [5.74, 6) is 0. The molecule has 5 heteroatoms. The molecule has 1 saturated heterocycles. The number of rotatable bonds is 4. The molecule has 0 spiro atoms. The Bertz CT molecular complexity index is 2470. The van der Waals surface area contributed by atoms with Gasteiger partial charge in [0.2, 0.25) is 0 Å². The van der Waals surface area contributed by atoms with Gasteiger partial charge in [0.1, 0.15) is 11.2 Å². The van der Waals surface area contributed by atoms with E-state index in [2.05, 4.69) is 154 Å². The minimum Gasteiger partial charge on any atom is -0.456 e. The summed E-state index contributed by atoms with van der Waals surface area (Å²) in [5, 5.41) is 4.59. The van der Waals surface area contributed by atoms with Gasteiger partial charge in [-0.25, -0.2) is 0 Å². The van der Waals surface area contributed by atoms with Gasteiger partial charge in [0.25, 0.3) is 0 Å². The quantitative estimate of drug-likeness (QED) is 0.186. The number of hydrogen-bond acceptors (Lipinski definition) is 3. The van der Waals surface area contributed by atoms with Gasteiger partial charge in [-0.3, -0.25) is 0 Å². The molecule has 0 unspecified atom stereocenters. The fraction of sp³-hybridized carbons (Fsp3) is 0.143. The average molecular weight is 612 g/mol. The lowest BCUT2D eigenvalue weighted by atomic mass is 9.76. The number of nitrogens with zero attached hydrogens (tertiary/aromatic N) is 1. The molecule has 8 aromatic rings. The normalized spacial score (nSPS) is 15.8. The van der Waals surface area contributed by atoms with Gasteiger partial charge in [-0.2, -0.15) is 0 Å². The number of hydrogen-bond donors (Lipinski definition) is 0. The van der Waals surface area contributed by atoms with Crippen LogP contribution in [0.15, 0.2) is 138 Å². The molecule has 2 aromatic heterocycles. The fourth-order valence-electron chi connectivity index (χ4n) is 7.09. The van der Waals surface area contributed by atoms with E-state index < -0.39 is 18.3 Å². The first-order valence-corrected chi connectivity index (χ1v) is 16.3. The molecular formula is C42H34BNO3. The first-order valence-electron chi connectivity index (χ1n) is 16.3. The summed E-state index contributed by atoms with van der Waals surface area (Å²) in [4.78, 5) is 0. The minimum absolute atomic E-state index is 0.426. The van der Waals surface area contributed by atoms with Crippen molar-refractivity contribution in [1.29, 1.82) is 0 Å². The second-order valence-corrected chi connectivity index (χ2v) is 13.6. The molecule has 1 fully saturated rings. The Morgan fingerprint density at radius 1 is 0.489 bits per heavy atom. The standard InChI is InChI=1S/C42H34BNO3/c1-41(2)42(3,4)47-43(46-41)35-17-11-19-39-40(35)34-26-30(21-23-38(34)45-39)28-13-10-12-27(24-28)29-20-22-37-33(25-29)32-16-8-9-18-36(32)44(37)31-14-6-5-7-15-31/h5-26H,1-4H3. The van der Waals surface area contributed by atoms with Crippen LogP contribution in [0.5, 0.6) is 0 Å². The molecule has 228 valence electrons. The maximum Gasteiger partial charge on any atom is 0.495 e. The lowest BCUT2D eigenvalue weighted by Crippen LogP contribution is -2.41. The van der Waals surface area contributed by atoms with E-state index in [0.29, 0.717) is 0 Å². The van der Waals surface area contributed by atoms with Crippen molar-refractivity contribution in [2.75, 3.05) is 0 Å². The highest BCUT2D eigenvalue weighted by molar-refractivity contribution is 6.66. The average Bonchev–Trinajstić information content (AvgIpc) is 3.70. The van der Waals surface area contributed by atoms with Gasteiger partial charge in [0, 0.05) is 27.2 Å². The van der Waals surface area contributed by atoms with Crippen LogP contribution in [0, 0.1) is 0 Å². The first-order chi connectivity index (χ1) is 22.8. The van der Waals surface area contributed by atoms with Crippen molar-refractivity contribution in [3.8, 4) is 27.9 Å². The van der Waals surface area contributed by atoms with Crippen molar-refractivity contribution in [3.05, 3.63) is 133 Å². The monoisotopic (exact) mass is 611 g/mol. The third-order valence-electron chi connectivity index (χ3n) is 10.3. The van der Waals surface area contributed by atoms with Crippen LogP contribution in [-0.4, -0.2) is 22.9 Å². The highest BCUT2D eigenvalue weighted by Crippen LogP contribution is 2.40. The molecule has 1 aliphatic rings. The second kappa shape index (κ2) is 10.2. The molecular weight excluding hydrogens is 577 g/mol. The molecule has 0 bridgehead atoms. The van der Waals surface area contributed by atoms with Gasteiger partial charge < -0.3 is 18.3 Å². The molecule has 0 atom stereocenters. The smallest absolute Gasteiger partial charge is 0.456 e. The van der Waals surface area contributed by atoms with Crippen molar-refractivity contribution in [1.82, 2.24) is 4.57 Å². The van der Waals surface area contributed by atoms with Crippen LogP contribution >= 0.6 is 0 Å². The topological polar surface area (TPSA) is 36.5 Å². The zero-order valence-electron chi connectivity index (χ0n) is 27.0. The predicted molar refractivity (Wildman–Crippen MR) is 195 cm³/mol. The zero-order valence-corrected chi connectivity index (χ0v) is 27.0. The van der Waals surface area contributed by atoms with E-state index >= 15 is 0 Å². The highest BCUT2D eigenvalue weighted by Gasteiger charge is 2.52. The summed E-state index contributed by atoms with van der Waals surface area (Å²) in [7, 11) is -0.473. The lowest BCUT2D eigenvalue weighted by Gasteiger charge is -2.32. The summed E-state index contributed by atoms with van der Waals surface area (Å²) in [6, 6.07) is 47.5. The maximum absolute atomic E-state index is 6.47. The zero-order chi connectivity index (χ0) is 31.9. The van der Waals surface area contributed by atoms with Crippen LogP contribution in [0.1, 0.15) is 27.7 Å². The SMILES string of the molecule is CC1(C)OB(c2cccc3oc4ccc(-c5cccc(-c6ccc7c(c6)c6ccccc6n7-c6ccccc6)c5)cc4c23)OC1(C)C. The van der Waals surface area contributed by atoms with Gasteiger partial charge in [0.05, 0.1) is 22.2 Å². The van der Waals surface area contributed by atoms with Crippen LogP contribution in [0.25, 0.3) is 71.7 Å². The molecule has 6 aromatic carbocycles. The molecule has 4 nitrogen and oxygen atoms in total. The molecule has 0 amide bonds. The van der Waals surface area contributed by atoms with Crippen molar-refractivity contribution in [2.45, 2.75) is 38.9 Å². The fourth-order valence-corrected chi connectivity index (χ4v) is 7.09. The number of para-hydroxylation sites is 2. The molecule has 0 saturated carbocycles. The van der Waals surface area contributed by atoms with Crippen LogP contribution in [-0.2, 0) is 9.31 Å². The third-order valence-corrected chi connectivity index (χ3v) is 10.3. The summed E-state index contributed by atoms with van der Waals surface area (Å²) in [6.45, 7) is 8.35. The molecule has 47 heavy (non-hydrogen) atoms. The Morgan fingerprint density at radius 3 is 1.87 bits per heavy atom. The van der Waals surface area contributed by atoms with E-state index in [0.717, 1.165) is 44.2 Å². The van der Waals surface area contributed by atoms with E-state index in [1.807, 2.05) is 12.1 Å². The van der Waals surface area contributed by atoms with Crippen molar-refractivity contribution in [2.24, 2.45) is 0 Å². The van der Waals surface area contributed by atoms with Crippen LogP contribution < -0.4 is 5.46 Å². The second-order valence-electron chi connectivity index (χ2n) is 13.6. The van der Waals surface area contributed by atoms with Gasteiger partial charge in [-0.1, -0.05) is 78.9 Å². The Hall–Kier alpha value is -5.10. The first kappa shape index (κ1) is 28.2. The number of fused-ring (bicyclic) bond motifs is 6. The summed E-state index contributed by atoms with van der Waals surface area (Å²) < 4.78 is 21.6. The molecule has 0 N–H and O–H groups in total. The Balaban J connectivity index is 1.14. The Labute approximate surface area is 274 Å². The van der Waals surface area contributed by atoms with E-state index in [1.54, 1.807) is 0 Å². The molecule has 0 aliphatic carbocycles. The van der Waals surface area contributed by atoms with Crippen LogP contribution in [0.2, 0.25) is 0 Å². The Morgan fingerprint density at radius 2 is 1.11 bits per heavy atom. The van der Waals surface area contributed by atoms with E-state index in [9.17, 15) is 0 Å². The molecule has 3 heterocycles. The predicted octanol–water partition coefficient (Wildman–Crippen LogP) is 10.3. The van der Waals surface area contributed by atoms with Gasteiger partial charge >= 0.3 is 7.12 Å². The molecule has 9 rings (SSSR count). The van der Waals surface area contributed by atoms with Crippen LogP contribution in [0.4, 0.5) is 0 Å².